The predicted molar refractivity (Wildman–Crippen MR) is 175 cm³/mol. The Bertz CT molecular complexity index is 1440. The number of hydrogen-bond donors (Lipinski definition) is 1. The van der Waals surface area contributed by atoms with Crippen molar-refractivity contribution in [2.45, 2.75) is 73.8 Å². The second kappa shape index (κ2) is 12.9. The molecular weight excluding hydrogens is 724 g/mol. The molecule has 2 saturated carbocycles. The molecule has 0 bridgehead atoms. The first-order valence-corrected chi connectivity index (χ1v) is 18.0. The van der Waals surface area contributed by atoms with Crippen molar-refractivity contribution in [2.24, 2.45) is 11.8 Å². The van der Waals surface area contributed by atoms with Gasteiger partial charge in [-0.05, 0) is 61.8 Å². The van der Waals surface area contributed by atoms with Gasteiger partial charge in [0.2, 0.25) is 0 Å². The van der Waals surface area contributed by atoms with Crippen LogP contribution in [0.1, 0.15) is 62.5 Å². The fourth-order valence-electron chi connectivity index (χ4n) is 8.98. The molecule has 2 spiro atoms. The Kier molecular flexibility index (Phi) is 9.23. The molecule has 250 valence electrons. The number of benzene rings is 2. The number of esters is 1. The van der Waals surface area contributed by atoms with Crippen LogP contribution in [0, 0.1) is 11.8 Å². The number of ether oxygens (including phenoxy) is 7. The lowest BCUT2D eigenvalue weighted by molar-refractivity contribution is -0.204. The number of fused-ring (bicyclic) bond motifs is 6. The van der Waals surface area contributed by atoms with E-state index < -0.39 is 17.0 Å². The Morgan fingerprint density at radius 2 is 1.28 bits per heavy atom. The zero-order chi connectivity index (χ0) is 32.0. The van der Waals surface area contributed by atoms with Crippen LogP contribution in [0.15, 0.2) is 45.3 Å². The third kappa shape index (κ3) is 5.61. The number of halogens is 2. The zero-order valence-electron chi connectivity index (χ0n) is 26.2. The normalized spacial score (nSPS) is 31.8. The summed E-state index contributed by atoms with van der Waals surface area (Å²) in [4.78, 5) is 13.0. The predicted octanol–water partition coefficient (Wildman–Crippen LogP) is 6.19. The molecule has 8 rings (SSSR count). The van der Waals surface area contributed by atoms with Crippen LogP contribution in [0.4, 0.5) is 0 Å². The molecule has 0 amide bonds. The molecule has 2 aromatic carbocycles. The van der Waals surface area contributed by atoms with Crippen molar-refractivity contribution in [3.63, 3.8) is 0 Å². The Labute approximate surface area is 286 Å². The third-order valence-corrected chi connectivity index (χ3v) is 12.2. The maximum absolute atomic E-state index is 13.0. The third-order valence-electron chi connectivity index (χ3n) is 11.3. The van der Waals surface area contributed by atoms with Crippen LogP contribution in [0.3, 0.4) is 0 Å². The number of carbonyl (C=O) groups excluding carboxylic acids is 1. The largest absolute Gasteiger partial charge is 0.493 e. The Morgan fingerprint density at radius 1 is 0.761 bits per heavy atom. The maximum atomic E-state index is 13.0. The average Bonchev–Trinajstić information content (AvgIpc) is 3.64. The van der Waals surface area contributed by atoms with Crippen LogP contribution in [0.25, 0.3) is 0 Å². The summed E-state index contributed by atoms with van der Waals surface area (Å²) in [5.74, 6) is 0.891. The van der Waals surface area contributed by atoms with E-state index in [1.807, 2.05) is 30.3 Å². The molecule has 2 aliphatic carbocycles. The van der Waals surface area contributed by atoms with Gasteiger partial charge in [0.15, 0.2) is 11.6 Å². The minimum Gasteiger partial charge on any atom is -0.493 e. The van der Waals surface area contributed by atoms with Crippen LogP contribution < -0.4 is 9.47 Å². The summed E-state index contributed by atoms with van der Waals surface area (Å²) < 4.78 is 42.8. The number of methoxy groups -OCH3 is 1. The van der Waals surface area contributed by atoms with Gasteiger partial charge in [-0.25, -0.2) is 0 Å². The standard InChI is InChI=1S/C18H21BrO5.C17H21BrO4/c1-21-16(20)18-6-5-17(23-8-9-24-17)11-12(18)4-7-22-15-10-13(19)2-3-14(15)18;18-13-1-2-14-15(9-13)20-6-3-12-10-17(21-7-8-22-17)5-4-16(12,14)11-19/h2-3,10,12H,4-9,11H2,1H3;1-2,9,12,19H,3-8,10-11H2/t12-,18-;12-,16-/m00/s1. The van der Waals surface area contributed by atoms with Crippen molar-refractivity contribution in [2.75, 3.05) is 53.4 Å². The fraction of sp³-hybridized carbons (Fsp3) is 0.629. The van der Waals surface area contributed by atoms with Crippen LogP contribution in [-0.4, -0.2) is 76.0 Å². The Balaban J connectivity index is 0.000000147. The molecule has 2 aromatic rings. The molecular formula is C35H42Br2O9. The summed E-state index contributed by atoms with van der Waals surface area (Å²) in [7, 11) is 1.46. The van der Waals surface area contributed by atoms with Gasteiger partial charge in [-0.1, -0.05) is 44.0 Å². The first kappa shape index (κ1) is 32.8. The van der Waals surface area contributed by atoms with Gasteiger partial charge in [0.1, 0.15) is 11.5 Å². The molecule has 0 unspecified atom stereocenters. The first-order valence-electron chi connectivity index (χ1n) is 16.4. The lowest BCUT2D eigenvalue weighted by Gasteiger charge is -2.48. The van der Waals surface area contributed by atoms with E-state index in [2.05, 4.69) is 37.9 Å². The molecule has 11 heteroatoms. The Hall–Kier alpha value is -1.73. The van der Waals surface area contributed by atoms with Crippen molar-refractivity contribution in [3.05, 3.63) is 56.5 Å². The van der Waals surface area contributed by atoms with Crippen LogP contribution in [0.2, 0.25) is 0 Å². The van der Waals surface area contributed by atoms with Crippen molar-refractivity contribution in [1.82, 2.24) is 0 Å². The van der Waals surface area contributed by atoms with Gasteiger partial charge in [0.25, 0.3) is 0 Å². The summed E-state index contributed by atoms with van der Waals surface area (Å²) in [5.41, 5.74) is 1.12. The summed E-state index contributed by atoms with van der Waals surface area (Å²) in [6.07, 6.45) is 6.26. The molecule has 0 aromatic heterocycles. The van der Waals surface area contributed by atoms with Gasteiger partial charge in [-0.15, -0.1) is 0 Å². The maximum Gasteiger partial charge on any atom is 0.316 e. The van der Waals surface area contributed by atoms with Gasteiger partial charge in [-0.2, -0.15) is 0 Å². The van der Waals surface area contributed by atoms with Gasteiger partial charge in [0.05, 0.1) is 58.8 Å². The van der Waals surface area contributed by atoms with Gasteiger partial charge >= 0.3 is 5.97 Å². The highest BCUT2D eigenvalue weighted by Crippen LogP contribution is 2.56. The van der Waals surface area contributed by atoms with E-state index in [4.69, 9.17) is 33.2 Å². The number of hydrogen-bond acceptors (Lipinski definition) is 9. The minimum atomic E-state index is -0.693. The van der Waals surface area contributed by atoms with Gasteiger partial charge in [-0.3, -0.25) is 4.79 Å². The molecule has 46 heavy (non-hydrogen) atoms. The summed E-state index contributed by atoms with van der Waals surface area (Å²) in [5, 5.41) is 10.3. The summed E-state index contributed by atoms with van der Waals surface area (Å²) in [6, 6.07) is 12.0. The van der Waals surface area contributed by atoms with Gasteiger partial charge < -0.3 is 38.3 Å². The highest BCUT2D eigenvalue weighted by Gasteiger charge is 2.59. The molecule has 6 aliphatic rings. The molecule has 0 radical (unpaired) electrons. The number of carbonyl (C=O) groups is 1. The lowest BCUT2D eigenvalue weighted by atomic mass is 9.60. The molecule has 9 nitrogen and oxygen atoms in total. The first-order chi connectivity index (χ1) is 22.3. The molecule has 4 aliphatic heterocycles. The second-order valence-corrected chi connectivity index (χ2v) is 15.2. The van der Waals surface area contributed by atoms with Crippen molar-refractivity contribution in [3.8, 4) is 11.5 Å². The summed E-state index contributed by atoms with van der Waals surface area (Å²) >= 11 is 7.00. The monoisotopic (exact) mass is 764 g/mol. The topological polar surface area (TPSA) is 102 Å². The SMILES string of the molecule is COC(=O)[C@@]12CCC3(C[C@@H]1CCOc1cc(Br)ccc12)OCCO3.OC[C@@]12CCC3(C[C@@H]1CCOc1cc(Br)ccc12)OCCO3. The van der Waals surface area contributed by atoms with E-state index in [9.17, 15) is 9.90 Å². The van der Waals surface area contributed by atoms with E-state index in [0.717, 1.165) is 63.7 Å². The number of aliphatic hydroxyl groups is 1. The van der Waals surface area contributed by atoms with E-state index in [-0.39, 0.29) is 23.9 Å². The highest BCUT2D eigenvalue weighted by molar-refractivity contribution is 9.10. The van der Waals surface area contributed by atoms with Crippen molar-refractivity contribution >= 4 is 37.8 Å². The minimum absolute atomic E-state index is 0.0687. The molecule has 1 N–H and O–H groups in total. The van der Waals surface area contributed by atoms with Crippen LogP contribution in [-0.2, 0) is 39.3 Å². The lowest BCUT2D eigenvalue weighted by Crippen LogP contribution is -2.52. The Morgan fingerprint density at radius 3 is 1.87 bits per heavy atom. The second-order valence-electron chi connectivity index (χ2n) is 13.3. The van der Waals surface area contributed by atoms with Crippen molar-refractivity contribution < 1.29 is 43.1 Å². The van der Waals surface area contributed by atoms with Gasteiger partial charge in [0, 0.05) is 51.2 Å². The van der Waals surface area contributed by atoms with E-state index in [0.29, 0.717) is 64.8 Å². The number of rotatable bonds is 2. The molecule has 4 fully saturated rings. The molecule has 4 heterocycles. The molecule has 2 saturated heterocycles. The van der Waals surface area contributed by atoms with E-state index in [1.165, 1.54) is 7.11 Å². The van der Waals surface area contributed by atoms with Crippen LogP contribution >= 0.6 is 31.9 Å². The quantitative estimate of drug-likeness (QED) is 0.359. The summed E-state index contributed by atoms with van der Waals surface area (Å²) in [6.45, 7) is 3.99. The van der Waals surface area contributed by atoms with E-state index in [1.54, 1.807) is 0 Å². The highest BCUT2D eigenvalue weighted by atomic mass is 79.9. The van der Waals surface area contributed by atoms with E-state index >= 15 is 0 Å². The fourth-order valence-corrected chi connectivity index (χ4v) is 9.66. The number of aliphatic hydroxyl groups excluding tert-OH is 1. The smallest absolute Gasteiger partial charge is 0.316 e. The zero-order valence-corrected chi connectivity index (χ0v) is 29.4. The average molecular weight is 767 g/mol. The molecule has 4 atom stereocenters. The van der Waals surface area contributed by atoms with Crippen LogP contribution in [0.5, 0.6) is 11.5 Å². The van der Waals surface area contributed by atoms with Crippen molar-refractivity contribution in [1.29, 1.82) is 0 Å².